The quantitative estimate of drug-likeness (QED) is 0.291. The summed E-state index contributed by atoms with van der Waals surface area (Å²) in [7, 11) is 0. The van der Waals surface area contributed by atoms with E-state index >= 15 is 0 Å². The smallest absolute Gasteiger partial charge is 0.410 e. The molecule has 3 heterocycles. The second-order valence-corrected chi connectivity index (χ2v) is 9.90. The Labute approximate surface area is 226 Å². The van der Waals surface area contributed by atoms with Crippen LogP contribution in [0.3, 0.4) is 0 Å². The number of nitrogens with one attached hydrogen (secondary N) is 1. The molecule has 1 saturated heterocycles. The van der Waals surface area contributed by atoms with Crippen molar-refractivity contribution in [3.63, 3.8) is 0 Å². The normalized spacial score (nSPS) is 17.4. The van der Waals surface area contributed by atoms with E-state index in [-0.39, 0.29) is 11.6 Å². The van der Waals surface area contributed by atoms with Crippen molar-refractivity contribution in [3.8, 4) is 0 Å². The number of aromatic nitrogens is 1. The molecule has 1 aromatic heterocycles. The minimum absolute atomic E-state index is 0.255. The molecule has 1 amide bonds. The molecule has 4 rings (SSSR count). The number of amides is 1. The third kappa shape index (κ3) is 6.21. The lowest BCUT2D eigenvalue weighted by atomic mass is 9.79. The van der Waals surface area contributed by atoms with Gasteiger partial charge in [-0.15, -0.1) is 23.3 Å². The molecule has 0 radical (unpaired) electrons. The van der Waals surface area contributed by atoms with Crippen LogP contribution in [0.1, 0.15) is 46.1 Å². The summed E-state index contributed by atoms with van der Waals surface area (Å²) in [6.45, 7) is 14.7. The highest BCUT2D eigenvalue weighted by atomic mass is 33.1. The molecule has 6 nitrogen and oxygen atoms in total. The maximum Gasteiger partial charge on any atom is 0.410 e. The van der Waals surface area contributed by atoms with Gasteiger partial charge in [-0.05, 0) is 36.3 Å². The molecule has 0 bridgehead atoms. The van der Waals surface area contributed by atoms with Crippen molar-refractivity contribution in [1.29, 1.82) is 0 Å². The third-order valence-electron chi connectivity index (χ3n) is 6.67. The zero-order chi connectivity index (χ0) is 26.3. The molecule has 0 unspecified atom stereocenters. The van der Waals surface area contributed by atoms with Crippen molar-refractivity contribution >= 4 is 40.8 Å². The average Bonchev–Trinajstić information content (AvgIpc) is 2.89. The Hall–Kier alpha value is -2.58. The molecule has 0 atom stereocenters. The van der Waals surface area contributed by atoms with Gasteiger partial charge in [0.05, 0.1) is 23.1 Å². The molecular weight excluding hydrogens is 488 g/mol. The second-order valence-electron chi connectivity index (χ2n) is 9.90. The van der Waals surface area contributed by atoms with Crippen LogP contribution in [0.25, 0.3) is 0 Å². The van der Waals surface area contributed by atoms with Gasteiger partial charge in [-0.25, -0.2) is 4.79 Å². The van der Waals surface area contributed by atoms with Gasteiger partial charge in [0.15, 0.2) is 0 Å². The molecule has 2 aliphatic heterocycles. The number of piperidine rings is 1. The van der Waals surface area contributed by atoms with Crippen molar-refractivity contribution in [2.24, 2.45) is 11.8 Å². The highest BCUT2D eigenvalue weighted by Crippen LogP contribution is 2.47. The fourth-order valence-corrected chi connectivity index (χ4v) is 4.72. The SMILES string of the molecule is C=C(C(C)C)N1/C(=C\C(C)C)C2(CCN(C(=O)OCc3ccccc3)CC2)Nc2cnccc21.SS. The van der Waals surface area contributed by atoms with Crippen LogP contribution in [-0.4, -0.2) is 34.6 Å². The highest BCUT2D eigenvalue weighted by Gasteiger charge is 2.46. The summed E-state index contributed by atoms with van der Waals surface area (Å²) in [6, 6.07) is 11.8. The van der Waals surface area contributed by atoms with E-state index in [9.17, 15) is 4.79 Å². The van der Waals surface area contributed by atoms with Crippen LogP contribution in [0.2, 0.25) is 0 Å². The van der Waals surface area contributed by atoms with E-state index in [1.165, 1.54) is 5.70 Å². The fourth-order valence-electron chi connectivity index (χ4n) is 4.72. The van der Waals surface area contributed by atoms with E-state index in [1.807, 2.05) is 53.7 Å². The van der Waals surface area contributed by atoms with Crippen LogP contribution in [0.5, 0.6) is 0 Å². The van der Waals surface area contributed by atoms with Crippen LogP contribution >= 0.6 is 23.3 Å². The Morgan fingerprint density at radius 2 is 1.83 bits per heavy atom. The number of ether oxygens (including phenoxy) is 1. The molecule has 2 aromatic rings. The monoisotopic (exact) mass is 526 g/mol. The number of likely N-dealkylation sites (tertiary alicyclic amines) is 1. The van der Waals surface area contributed by atoms with E-state index in [2.05, 4.69) is 78.9 Å². The van der Waals surface area contributed by atoms with Gasteiger partial charge < -0.3 is 19.9 Å². The zero-order valence-corrected chi connectivity index (χ0v) is 23.4. The predicted molar refractivity (Wildman–Crippen MR) is 155 cm³/mol. The third-order valence-corrected chi connectivity index (χ3v) is 6.67. The first kappa shape index (κ1) is 28.0. The first-order valence-corrected chi connectivity index (χ1v) is 14.0. The van der Waals surface area contributed by atoms with E-state index in [1.54, 1.807) is 0 Å². The Kier molecular flexibility index (Phi) is 9.79. The summed E-state index contributed by atoms with van der Waals surface area (Å²) in [5.41, 5.74) is 5.06. The molecule has 194 valence electrons. The molecule has 1 aromatic carbocycles. The average molecular weight is 527 g/mol. The number of benzene rings is 1. The first-order valence-electron chi connectivity index (χ1n) is 12.4. The van der Waals surface area contributed by atoms with Crippen molar-refractivity contribution in [2.45, 2.75) is 52.7 Å². The largest absolute Gasteiger partial charge is 0.445 e. The molecule has 1 fully saturated rings. The van der Waals surface area contributed by atoms with E-state index in [4.69, 9.17) is 4.74 Å². The number of hydrogen-bond donors (Lipinski definition) is 3. The summed E-state index contributed by atoms with van der Waals surface area (Å²) in [5, 5.41) is 3.82. The number of pyridine rings is 1. The van der Waals surface area contributed by atoms with Crippen molar-refractivity contribution < 1.29 is 9.53 Å². The van der Waals surface area contributed by atoms with Gasteiger partial charge in [0.1, 0.15) is 6.61 Å². The summed E-state index contributed by atoms with van der Waals surface area (Å²) in [4.78, 5) is 21.3. The Morgan fingerprint density at radius 3 is 2.44 bits per heavy atom. The maximum absolute atomic E-state index is 12.8. The highest BCUT2D eigenvalue weighted by molar-refractivity contribution is 8.59. The minimum atomic E-state index is -0.297. The molecule has 8 heteroatoms. The van der Waals surface area contributed by atoms with Gasteiger partial charge in [0, 0.05) is 30.7 Å². The molecule has 2 aliphatic rings. The van der Waals surface area contributed by atoms with E-state index in [0.29, 0.717) is 31.5 Å². The summed E-state index contributed by atoms with van der Waals surface area (Å²) in [6.07, 6.45) is 7.37. The van der Waals surface area contributed by atoms with Crippen molar-refractivity contribution in [1.82, 2.24) is 9.88 Å². The number of fused-ring (bicyclic) bond motifs is 1. The van der Waals surface area contributed by atoms with Gasteiger partial charge in [-0.2, -0.15) is 0 Å². The van der Waals surface area contributed by atoms with Gasteiger partial charge >= 0.3 is 6.09 Å². The van der Waals surface area contributed by atoms with Crippen LogP contribution in [0.15, 0.2) is 72.8 Å². The predicted octanol–water partition coefficient (Wildman–Crippen LogP) is 6.96. The standard InChI is InChI=1S/C28H36N4O2.H2S2/c1-20(2)17-26-28(30-24-18-29-14-11-25(24)32(26)22(5)21(3)4)12-15-31(16-13-28)27(33)34-19-23-9-7-6-8-10-23;1-2/h6-11,14,17-18,20-21,30H,5,12-13,15-16,19H2,1-4H3;1-2H/b26-17-;. The topological polar surface area (TPSA) is 57.7 Å². The summed E-state index contributed by atoms with van der Waals surface area (Å²) >= 11 is 6.44. The number of thiol groups is 2. The number of anilines is 2. The first-order chi connectivity index (χ1) is 17.3. The lowest BCUT2D eigenvalue weighted by Gasteiger charge is -2.52. The van der Waals surface area contributed by atoms with Crippen LogP contribution in [-0.2, 0) is 11.3 Å². The Balaban J connectivity index is 0.00000176. The summed E-state index contributed by atoms with van der Waals surface area (Å²) < 4.78 is 5.60. The number of allylic oxidation sites excluding steroid dienone is 2. The molecule has 1 N–H and O–H groups in total. The van der Waals surface area contributed by atoms with Crippen molar-refractivity contribution in [2.75, 3.05) is 23.3 Å². The number of carbonyl (C=O) groups excluding carboxylic acids is 1. The molecular formula is C28H38N4O2S2. The fraction of sp³-hybridized carbons (Fsp3) is 0.429. The van der Waals surface area contributed by atoms with Crippen LogP contribution in [0, 0.1) is 11.8 Å². The maximum atomic E-state index is 12.8. The molecule has 36 heavy (non-hydrogen) atoms. The van der Waals surface area contributed by atoms with Crippen LogP contribution in [0.4, 0.5) is 16.2 Å². The van der Waals surface area contributed by atoms with Gasteiger partial charge in [-0.1, -0.05) is 70.7 Å². The van der Waals surface area contributed by atoms with Gasteiger partial charge in [0.2, 0.25) is 0 Å². The number of carbonyl (C=O) groups is 1. The molecule has 1 spiro atoms. The minimum Gasteiger partial charge on any atom is -0.445 e. The van der Waals surface area contributed by atoms with E-state index < -0.39 is 0 Å². The number of hydrogen-bond acceptors (Lipinski definition) is 7. The number of nitrogens with zero attached hydrogens (tertiary/aromatic N) is 3. The molecule has 0 saturated carbocycles. The van der Waals surface area contributed by atoms with Crippen molar-refractivity contribution in [3.05, 3.63) is 78.4 Å². The van der Waals surface area contributed by atoms with Crippen LogP contribution < -0.4 is 10.2 Å². The van der Waals surface area contributed by atoms with Gasteiger partial charge in [-0.3, -0.25) is 4.98 Å². The Morgan fingerprint density at radius 1 is 1.17 bits per heavy atom. The lowest BCUT2D eigenvalue weighted by molar-refractivity contribution is 0.0830. The summed E-state index contributed by atoms with van der Waals surface area (Å²) in [5.74, 6) is 0.660. The zero-order valence-electron chi connectivity index (χ0n) is 21.6. The second kappa shape index (κ2) is 12.6. The Bertz CT molecular complexity index is 1060. The lowest BCUT2D eigenvalue weighted by Crippen LogP contribution is -2.57. The van der Waals surface area contributed by atoms with Gasteiger partial charge in [0.25, 0.3) is 0 Å². The van der Waals surface area contributed by atoms with E-state index in [0.717, 1.165) is 35.5 Å². The number of rotatable bonds is 5. The molecule has 0 aliphatic carbocycles.